The second kappa shape index (κ2) is 2.02. The van der Waals surface area contributed by atoms with Gasteiger partial charge in [-0.1, -0.05) is 0 Å². The zero-order valence-corrected chi connectivity index (χ0v) is 5.31. The fourth-order valence-electron chi connectivity index (χ4n) is 0.851. The summed E-state index contributed by atoms with van der Waals surface area (Å²) in [6, 6.07) is 3.91. The molecule has 3 nitrogen and oxygen atoms in total. The van der Waals surface area contributed by atoms with Crippen LogP contribution in [-0.4, -0.2) is 10.4 Å². The Morgan fingerprint density at radius 2 is 2.00 bits per heavy atom. The molecule has 1 aromatic rings. The van der Waals surface area contributed by atoms with Crippen molar-refractivity contribution in [2.24, 2.45) is 5.10 Å². The topological polar surface area (TPSA) is 31.4 Å². The van der Waals surface area contributed by atoms with Gasteiger partial charge in [-0.2, -0.15) is 5.43 Å². The zero-order chi connectivity index (χ0) is 6.81. The van der Waals surface area contributed by atoms with Gasteiger partial charge in [0.15, 0.2) is 5.84 Å². The average molecular weight is 132 g/mol. The van der Waals surface area contributed by atoms with Crippen molar-refractivity contribution in [1.29, 1.82) is 0 Å². The maximum absolute atomic E-state index is 3.87. The molecule has 0 saturated carbocycles. The summed E-state index contributed by atoms with van der Waals surface area (Å²) in [5, 5.41) is 3.87. The van der Waals surface area contributed by atoms with Crippen molar-refractivity contribution in [2.45, 2.75) is 0 Å². The fraction of sp³-hybridized carbons (Fsp3) is 0. The molecule has 1 radical (unpaired) electrons. The Hall–Kier alpha value is -1.51. The van der Waals surface area contributed by atoms with E-state index in [0.29, 0.717) is 0 Å². The fourth-order valence-corrected chi connectivity index (χ4v) is 0.851. The van der Waals surface area contributed by atoms with Gasteiger partial charge in [-0.15, -0.1) is 5.10 Å². The minimum absolute atomic E-state index is 0.866. The molecule has 1 aliphatic rings. The molecule has 10 heavy (non-hydrogen) atoms. The highest BCUT2D eigenvalue weighted by molar-refractivity contribution is 5.95. The van der Waals surface area contributed by atoms with Crippen LogP contribution in [-0.2, 0) is 0 Å². The Morgan fingerprint density at radius 3 is 2.60 bits per heavy atom. The predicted molar refractivity (Wildman–Crippen MR) is 38.5 cm³/mol. The van der Waals surface area contributed by atoms with Gasteiger partial charge >= 0.3 is 0 Å². The molecule has 0 spiro atoms. The first kappa shape index (κ1) is 5.29. The lowest BCUT2D eigenvalue weighted by Crippen LogP contribution is -2.03. The van der Waals surface area contributed by atoms with Crippen LogP contribution in [0.15, 0.2) is 41.9 Å². The van der Waals surface area contributed by atoms with E-state index in [1.165, 1.54) is 0 Å². The molecule has 0 atom stereocenters. The van der Waals surface area contributed by atoms with Crippen molar-refractivity contribution in [3.63, 3.8) is 0 Å². The highest BCUT2D eigenvalue weighted by Gasteiger charge is 1.99. The number of allylic oxidation sites excluding steroid dienone is 1. The molecule has 1 aliphatic heterocycles. The SMILES string of the molecule is C1=CC(n2cccc2)=N[N]1. The monoisotopic (exact) mass is 132 g/mol. The smallest absolute Gasteiger partial charge is 0.160 e. The van der Waals surface area contributed by atoms with Gasteiger partial charge in [-0.3, -0.25) is 0 Å². The highest BCUT2D eigenvalue weighted by Crippen LogP contribution is 1.96. The third-order valence-corrected chi connectivity index (χ3v) is 1.32. The van der Waals surface area contributed by atoms with E-state index in [1.807, 2.05) is 35.2 Å². The molecule has 0 fully saturated rings. The van der Waals surface area contributed by atoms with E-state index in [0.717, 1.165) is 5.84 Å². The molecule has 0 bridgehead atoms. The van der Waals surface area contributed by atoms with Crippen molar-refractivity contribution in [1.82, 2.24) is 9.99 Å². The number of hydrogen-bond acceptors (Lipinski definition) is 1. The van der Waals surface area contributed by atoms with Crippen LogP contribution in [0.2, 0.25) is 0 Å². The molecule has 0 unspecified atom stereocenters. The van der Waals surface area contributed by atoms with Crippen LogP contribution in [0.5, 0.6) is 0 Å². The summed E-state index contributed by atoms with van der Waals surface area (Å²) < 4.78 is 1.91. The maximum Gasteiger partial charge on any atom is 0.160 e. The molecule has 3 heteroatoms. The first-order chi connectivity index (χ1) is 4.97. The van der Waals surface area contributed by atoms with Gasteiger partial charge in [-0.25, -0.2) is 0 Å². The number of nitrogens with zero attached hydrogens (tertiary/aromatic N) is 3. The Bertz CT molecular complexity index is 269. The molecule has 0 aliphatic carbocycles. The van der Waals surface area contributed by atoms with Crippen LogP contribution in [0.25, 0.3) is 0 Å². The second-order valence-corrected chi connectivity index (χ2v) is 1.98. The number of rotatable bonds is 0. The molecular weight excluding hydrogens is 126 g/mol. The van der Waals surface area contributed by atoms with Gasteiger partial charge in [0.1, 0.15) is 0 Å². The van der Waals surface area contributed by atoms with Crippen molar-refractivity contribution in [2.75, 3.05) is 0 Å². The average Bonchev–Trinajstić information content (AvgIpc) is 2.59. The summed E-state index contributed by atoms with van der Waals surface area (Å²) in [4.78, 5) is 0. The van der Waals surface area contributed by atoms with Crippen LogP contribution in [0.3, 0.4) is 0 Å². The van der Waals surface area contributed by atoms with Crippen LogP contribution in [0.4, 0.5) is 0 Å². The molecule has 0 N–H and O–H groups in total. The maximum atomic E-state index is 3.87. The van der Waals surface area contributed by atoms with Crippen LogP contribution >= 0.6 is 0 Å². The third-order valence-electron chi connectivity index (χ3n) is 1.32. The molecule has 49 valence electrons. The second-order valence-electron chi connectivity index (χ2n) is 1.98. The predicted octanol–water partition coefficient (Wildman–Crippen LogP) is 0.781. The van der Waals surface area contributed by atoms with E-state index in [2.05, 4.69) is 10.5 Å². The standard InChI is InChI=1S/C7H6N3/c1-2-6-10(5-1)7-3-4-8-9-7/h1-6H. The van der Waals surface area contributed by atoms with Crippen LogP contribution < -0.4 is 5.43 Å². The van der Waals surface area contributed by atoms with Crippen LogP contribution in [0.1, 0.15) is 0 Å². The third kappa shape index (κ3) is 0.719. The van der Waals surface area contributed by atoms with E-state index < -0.39 is 0 Å². The Kier molecular flexibility index (Phi) is 1.07. The van der Waals surface area contributed by atoms with Gasteiger partial charge < -0.3 is 4.57 Å². The zero-order valence-electron chi connectivity index (χ0n) is 5.31. The van der Waals surface area contributed by atoms with Crippen molar-refractivity contribution in [3.05, 3.63) is 36.8 Å². The Morgan fingerprint density at radius 1 is 1.20 bits per heavy atom. The first-order valence-electron chi connectivity index (χ1n) is 3.04. The van der Waals surface area contributed by atoms with Gasteiger partial charge in [0.25, 0.3) is 0 Å². The van der Waals surface area contributed by atoms with Crippen molar-refractivity contribution < 1.29 is 0 Å². The van der Waals surface area contributed by atoms with E-state index in [1.54, 1.807) is 6.20 Å². The molecule has 0 aromatic carbocycles. The van der Waals surface area contributed by atoms with E-state index in [9.17, 15) is 0 Å². The molecule has 0 amide bonds. The summed E-state index contributed by atoms with van der Waals surface area (Å²) in [5.74, 6) is 0.866. The number of aromatic nitrogens is 1. The molecule has 2 rings (SSSR count). The minimum Gasteiger partial charge on any atom is -0.307 e. The minimum atomic E-state index is 0.866. The van der Waals surface area contributed by atoms with E-state index in [-0.39, 0.29) is 0 Å². The number of hydrogen-bond donors (Lipinski definition) is 0. The van der Waals surface area contributed by atoms with Crippen molar-refractivity contribution in [3.8, 4) is 0 Å². The lowest BCUT2D eigenvalue weighted by molar-refractivity contribution is 0.956. The molecule has 2 heterocycles. The van der Waals surface area contributed by atoms with Crippen LogP contribution in [0, 0.1) is 0 Å². The first-order valence-corrected chi connectivity index (χ1v) is 3.04. The van der Waals surface area contributed by atoms with Gasteiger partial charge in [-0.05, 0) is 12.1 Å². The molecule has 0 saturated heterocycles. The normalized spacial score (nSPS) is 15.0. The van der Waals surface area contributed by atoms with Gasteiger partial charge in [0.2, 0.25) is 0 Å². The summed E-state index contributed by atoms with van der Waals surface area (Å²) in [7, 11) is 0. The lowest BCUT2D eigenvalue weighted by Gasteiger charge is -1.94. The van der Waals surface area contributed by atoms with E-state index in [4.69, 9.17) is 0 Å². The largest absolute Gasteiger partial charge is 0.307 e. The highest BCUT2D eigenvalue weighted by atomic mass is 15.3. The summed E-state index contributed by atoms with van der Waals surface area (Å²) in [6.45, 7) is 0. The Labute approximate surface area is 58.7 Å². The quantitative estimate of drug-likeness (QED) is 0.499. The summed E-state index contributed by atoms with van der Waals surface area (Å²) in [5.41, 5.74) is 3.71. The van der Waals surface area contributed by atoms with E-state index >= 15 is 0 Å². The lowest BCUT2D eigenvalue weighted by atomic mass is 10.5. The summed E-state index contributed by atoms with van der Waals surface area (Å²) >= 11 is 0. The Balaban J connectivity index is 2.36. The van der Waals surface area contributed by atoms with Gasteiger partial charge in [0, 0.05) is 18.5 Å². The van der Waals surface area contributed by atoms with Crippen molar-refractivity contribution >= 4 is 5.84 Å². The molecule has 1 aromatic heterocycles. The van der Waals surface area contributed by atoms with Gasteiger partial charge in [0.05, 0.1) is 6.20 Å². The molecular formula is C7H6N3. The summed E-state index contributed by atoms with van der Waals surface area (Å²) in [6.07, 6.45) is 7.41.